The summed E-state index contributed by atoms with van der Waals surface area (Å²) in [5, 5.41) is 11.6. The van der Waals surface area contributed by atoms with E-state index >= 15 is 0 Å². The number of methoxy groups -OCH3 is 1. The van der Waals surface area contributed by atoms with E-state index in [0.29, 0.717) is 5.56 Å². The van der Waals surface area contributed by atoms with Crippen LogP contribution in [0.5, 0.6) is 0 Å². The van der Waals surface area contributed by atoms with Gasteiger partial charge in [0.2, 0.25) is 5.76 Å². The second-order valence-corrected chi connectivity index (χ2v) is 5.84. The summed E-state index contributed by atoms with van der Waals surface area (Å²) < 4.78 is 9.76. The minimum atomic E-state index is -0.950. The van der Waals surface area contributed by atoms with Gasteiger partial charge in [0.25, 0.3) is 5.69 Å². The number of ether oxygens (including phenoxy) is 1. The Hall–Kier alpha value is -3.45. The van der Waals surface area contributed by atoms with Gasteiger partial charge in [0.1, 0.15) is 0 Å². The van der Waals surface area contributed by atoms with Crippen LogP contribution in [0.2, 0.25) is 5.02 Å². The van der Waals surface area contributed by atoms with Gasteiger partial charge in [-0.25, -0.2) is 9.59 Å². The van der Waals surface area contributed by atoms with Crippen LogP contribution >= 0.6 is 11.6 Å². The summed E-state index contributed by atoms with van der Waals surface area (Å²) in [6.45, 7) is 0. The number of carbonyl (C=O) groups is 1. The quantitative estimate of drug-likeness (QED) is 0.376. The van der Waals surface area contributed by atoms with Crippen molar-refractivity contribution >= 4 is 23.3 Å². The summed E-state index contributed by atoms with van der Waals surface area (Å²) in [5.41, 5.74) is -0.327. The van der Waals surface area contributed by atoms with E-state index < -0.39 is 22.3 Å². The fourth-order valence-corrected chi connectivity index (χ4v) is 3.00. The molecule has 27 heavy (non-hydrogen) atoms. The Balaban J connectivity index is 2.50. The number of esters is 1. The maximum Gasteiger partial charge on any atom is 0.374 e. The highest BCUT2D eigenvalue weighted by atomic mass is 35.5. The molecule has 0 radical (unpaired) electrons. The fourth-order valence-electron chi connectivity index (χ4n) is 2.74. The van der Waals surface area contributed by atoms with Crippen LogP contribution in [0, 0.1) is 10.1 Å². The van der Waals surface area contributed by atoms with Crippen molar-refractivity contribution < 1.29 is 18.9 Å². The van der Waals surface area contributed by atoms with Crippen LogP contribution in [-0.2, 0) is 4.74 Å². The molecule has 0 atom stereocenters. The highest BCUT2D eigenvalue weighted by molar-refractivity contribution is 6.34. The van der Waals surface area contributed by atoms with Crippen LogP contribution < -0.4 is 5.63 Å². The highest BCUT2D eigenvalue weighted by Gasteiger charge is 2.29. The summed E-state index contributed by atoms with van der Waals surface area (Å²) in [6.07, 6.45) is 0. The molecular weight excluding hydrogens is 374 g/mol. The lowest BCUT2D eigenvalue weighted by Gasteiger charge is -2.14. The third-order valence-corrected chi connectivity index (χ3v) is 4.17. The molecule has 0 fully saturated rings. The minimum absolute atomic E-state index is 0.0185. The molecule has 7 nitrogen and oxygen atoms in total. The molecule has 136 valence electrons. The summed E-state index contributed by atoms with van der Waals surface area (Å²) in [5.74, 6) is -1.41. The number of nitrogens with zero attached hydrogens (tertiary/aromatic N) is 1. The maximum absolute atomic E-state index is 12.3. The van der Waals surface area contributed by atoms with E-state index in [4.69, 9.17) is 20.8 Å². The Morgan fingerprint density at radius 1 is 1.11 bits per heavy atom. The van der Waals surface area contributed by atoms with Crippen molar-refractivity contribution in [3.05, 3.63) is 85.9 Å². The average Bonchev–Trinajstić information content (AvgIpc) is 2.67. The van der Waals surface area contributed by atoms with E-state index in [9.17, 15) is 19.7 Å². The Labute approximate surface area is 157 Å². The lowest BCUT2D eigenvalue weighted by Crippen LogP contribution is -2.11. The topological polar surface area (TPSA) is 99.7 Å². The summed E-state index contributed by atoms with van der Waals surface area (Å²) in [6, 6.07) is 13.9. The normalized spacial score (nSPS) is 10.4. The number of hydrogen-bond acceptors (Lipinski definition) is 6. The van der Waals surface area contributed by atoms with Gasteiger partial charge in [0.05, 0.1) is 22.6 Å². The van der Waals surface area contributed by atoms with Gasteiger partial charge in [-0.1, -0.05) is 48.0 Å². The first-order valence-corrected chi connectivity index (χ1v) is 8.07. The predicted molar refractivity (Wildman–Crippen MR) is 98.9 cm³/mol. The highest BCUT2D eigenvalue weighted by Crippen LogP contribution is 2.42. The average molecular weight is 386 g/mol. The van der Waals surface area contributed by atoms with Crippen molar-refractivity contribution in [2.45, 2.75) is 0 Å². The van der Waals surface area contributed by atoms with Gasteiger partial charge in [-0.3, -0.25) is 10.1 Å². The number of nitro groups is 1. The number of nitro benzene ring substituents is 1. The van der Waals surface area contributed by atoms with Gasteiger partial charge in [-0.05, 0) is 11.6 Å². The molecule has 0 aliphatic rings. The fraction of sp³-hybridized carbons (Fsp3) is 0.0526. The Kier molecular flexibility index (Phi) is 5.05. The van der Waals surface area contributed by atoms with Crippen molar-refractivity contribution in [3.8, 4) is 22.3 Å². The molecule has 0 bridgehead atoms. The van der Waals surface area contributed by atoms with Crippen molar-refractivity contribution in [2.75, 3.05) is 7.11 Å². The predicted octanol–water partition coefficient (Wildman–Crippen LogP) is 4.32. The van der Waals surface area contributed by atoms with Crippen LogP contribution in [-0.4, -0.2) is 18.0 Å². The monoisotopic (exact) mass is 385 g/mol. The van der Waals surface area contributed by atoms with E-state index in [1.54, 1.807) is 30.3 Å². The molecule has 0 saturated heterocycles. The van der Waals surface area contributed by atoms with Gasteiger partial charge in [-0.15, -0.1) is 0 Å². The lowest BCUT2D eigenvalue weighted by atomic mass is 9.93. The zero-order chi connectivity index (χ0) is 19.6. The Morgan fingerprint density at radius 2 is 1.81 bits per heavy atom. The molecule has 3 aromatic rings. The van der Waals surface area contributed by atoms with Gasteiger partial charge in [0.15, 0.2) is 0 Å². The van der Waals surface area contributed by atoms with Crippen LogP contribution in [0.1, 0.15) is 10.6 Å². The van der Waals surface area contributed by atoms with E-state index in [-0.39, 0.29) is 27.4 Å². The minimum Gasteiger partial charge on any atom is -0.463 e. The second kappa shape index (κ2) is 7.43. The molecule has 0 unspecified atom stereocenters. The van der Waals surface area contributed by atoms with Crippen LogP contribution in [0.15, 0.2) is 63.8 Å². The summed E-state index contributed by atoms with van der Waals surface area (Å²) in [7, 11) is 1.11. The molecule has 0 aliphatic carbocycles. The van der Waals surface area contributed by atoms with Gasteiger partial charge in [0, 0.05) is 23.3 Å². The maximum atomic E-state index is 12.3. The molecule has 1 heterocycles. The second-order valence-electron chi connectivity index (χ2n) is 5.43. The largest absolute Gasteiger partial charge is 0.463 e. The first-order chi connectivity index (χ1) is 12.9. The first kappa shape index (κ1) is 18.3. The first-order valence-electron chi connectivity index (χ1n) is 7.69. The van der Waals surface area contributed by atoms with E-state index in [1.165, 1.54) is 18.2 Å². The zero-order valence-electron chi connectivity index (χ0n) is 14.0. The molecular formula is C19H12ClNO6. The molecule has 1 aromatic heterocycles. The van der Waals surface area contributed by atoms with Crippen molar-refractivity contribution in [2.24, 2.45) is 0 Å². The molecule has 0 spiro atoms. The lowest BCUT2D eigenvalue weighted by molar-refractivity contribution is -0.384. The van der Waals surface area contributed by atoms with Crippen molar-refractivity contribution in [1.29, 1.82) is 0 Å². The third-order valence-electron chi connectivity index (χ3n) is 3.86. The number of halogens is 1. The SMILES string of the molecule is COC(=O)c1oc(=O)cc(-c2ccccc2)c1-c1c(Cl)cccc1[N+](=O)[O-]. The molecule has 0 N–H and O–H groups in total. The molecule has 0 saturated carbocycles. The zero-order valence-corrected chi connectivity index (χ0v) is 14.7. The van der Waals surface area contributed by atoms with Crippen molar-refractivity contribution in [1.82, 2.24) is 0 Å². The molecule has 0 aliphatic heterocycles. The number of carbonyl (C=O) groups excluding carboxylic acids is 1. The van der Waals surface area contributed by atoms with E-state index in [0.717, 1.165) is 13.2 Å². The van der Waals surface area contributed by atoms with Gasteiger partial charge in [-0.2, -0.15) is 0 Å². The Bertz CT molecular complexity index is 1090. The number of benzene rings is 2. The number of hydrogen-bond donors (Lipinski definition) is 0. The van der Waals surface area contributed by atoms with Crippen LogP contribution in [0.4, 0.5) is 5.69 Å². The Morgan fingerprint density at radius 3 is 2.44 bits per heavy atom. The van der Waals surface area contributed by atoms with Crippen molar-refractivity contribution in [3.63, 3.8) is 0 Å². The van der Waals surface area contributed by atoms with E-state index in [2.05, 4.69) is 0 Å². The number of rotatable bonds is 4. The van der Waals surface area contributed by atoms with Crippen LogP contribution in [0.25, 0.3) is 22.3 Å². The van der Waals surface area contributed by atoms with Gasteiger partial charge < -0.3 is 9.15 Å². The molecule has 2 aromatic carbocycles. The van der Waals surface area contributed by atoms with E-state index in [1.807, 2.05) is 0 Å². The molecule has 3 rings (SSSR count). The summed E-state index contributed by atoms with van der Waals surface area (Å²) in [4.78, 5) is 35.2. The molecule has 8 heteroatoms. The smallest absolute Gasteiger partial charge is 0.374 e. The third kappa shape index (κ3) is 3.45. The molecule has 0 amide bonds. The standard InChI is InChI=1S/C19H12ClNO6/c1-26-19(23)18-16(17-13(20)8-5-9-14(17)21(24)25)12(10-15(22)27-18)11-6-3-2-4-7-11/h2-10H,1H3. The van der Waals surface area contributed by atoms with Gasteiger partial charge >= 0.3 is 11.6 Å². The summed E-state index contributed by atoms with van der Waals surface area (Å²) >= 11 is 6.25. The van der Waals surface area contributed by atoms with Crippen LogP contribution in [0.3, 0.4) is 0 Å².